The van der Waals surface area contributed by atoms with E-state index in [-0.39, 0.29) is 17.2 Å². The van der Waals surface area contributed by atoms with Crippen molar-refractivity contribution in [3.8, 4) is 23.0 Å². The fourth-order valence-electron chi connectivity index (χ4n) is 2.64. The Kier molecular flexibility index (Phi) is 5.90. The van der Waals surface area contributed by atoms with Crippen LogP contribution in [0.5, 0.6) is 23.0 Å². The molecule has 0 bridgehead atoms. The zero-order chi connectivity index (χ0) is 19.3. The van der Waals surface area contributed by atoms with Gasteiger partial charge < -0.3 is 24.8 Å². The first-order valence-electron chi connectivity index (χ1n) is 7.72. The molecule has 0 aliphatic heterocycles. The number of methoxy groups -OCH3 is 2. The van der Waals surface area contributed by atoms with Gasteiger partial charge in [0.05, 0.1) is 14.2 Å². The Morgan fingerprint density at radius 1 is 1.12 bits per heavy atom. The fraction of sp³-hybridized carbons (Fsp3) is 0.150. The van der Waals surface area contributed by atoms with Crippen LogP contribution in [0.25, 0.3) is 6.08 Å². The first-order chi connectivity index (χ1) is 12.4. The van der Waals surface area contributed by atoms with Gasteiger partial charge in [-0.25, -0.2) is 4.79 Å². The van der Waals surface area contributed by atoms with E-state index in [9.17, 15) is 15.0 Å². The predicted molar refractivity (Wildman–Crippen MR) is 98.0 cm³/mol. The smallest absolute Gasteiger partial charge is 0.328 e. The topological polar surface area (TPSA) is 96.2 Å². The van der Waals surface area contributed by atoms with E-state index in [1.807, 2.05) is 0 Å². The highest BCUT2D eigenvalue weighted by atomic mass is 16.5. The van der Waals surface area contributed by atoms with Crippen LogP contribution in [0.4, 0.5) is 0 Å². The van der Waals surface area contributed by atoms with E-state index in [1.165, 1.54) is 32.4 Å². The molecule has 0 saturated heterocycles. The van der Waals surface area contributed by atoms with Crippen molar-refractivity contribution in [2.24, 2.45) is 0 Å². The molecule has 1 atom stereocenters. The van der Waals surface area contributed by atoms with Crippen LogP contribution in [-0.4, -0.2) is 35.5 Å². The van der Waals surface area contributed by atoms with Crippen LogP contribution >= 0.6 is 0 Å². The molecule has 0 aliphatic carbocycles. The standard InChI is InChI=1S/C20H20O6/c1-4-14(13-6-7-16(21)17(11-13)25-2)15-9-12(5-8-19(22)23)10-18(26-3)20(15)24/h4-11,14,21,24H,1H2,2-3H3,(H,22,23)/b8-5+. The summed E-state index contributed by atoms with van der Waals surface area (Å²) in [5.74, 6) is -1.08. The Hall–Kier alpha value is -3.41. The molecule has 136 valence electrons. The van der Waals surface area contributed by atoms with Gasteiger partial charge in [-0.1, -0.05) is 12.1 Å². The van der Waals surface area contributed by atoms with Crippen LogP contribution in [0.2, 0.25) is 0 Å². The molecule has 2 rings (SSSR count). The fourth-order valence-corrected chi connectivity index (χ4v) is 2.64. The van der Waals surface area contributed by atoms with E-state index in [0.29, 0.717) is 16.9 Å². The van der Waals surface area contributed by atoms with Gasteiger partial charge in [0, 0.05) is 17.6 Å². The maximum Gasteiger partial charge on any atom is 0.328 e. The summed E-state index contributed by atoms with van der Waals surface area (Å²) in [5, 5.41) is 29.1. The predicted octanol–water partition coefficient (Wildman–Crippen LogP) is 3.53. The lowest BCUT2D eigenvalue weighted by molar-refractivity contribution is -0.131. The molecular formula is C20H20O6. The Labute approximate surface area is 151 Å². The number of allylic oxidation sites excluding steroid dienone is 1. The van der Waals surface area contributed by atoms with Crippen LogP contribution in [0.15, 0.2) is 49.1 Å². The Morgan fingerprint density at radius 3 is 2.38 bits per heavy atom. The first-order valence-corrected chi connectivity index (χ1v) is 7.72. The third kappa shape index (κ3) is 3.97. The summed E-state index contributed by atoms with van der Waals surface area (Å²) >= 11 is 0. The highest BCUT2D eigenvalue weighted by molar-refractivity contribution is 5.85. The number of benzene rings is 2. The molecule has 0 heterocycles. The first kappa shape index (κ1) is 18.9. The van der Waals surface area contributed by atoms with E-state index in [4.69, 9.17) is 14.6 Å². The number of carboxylic acids is 1. The average molecular weight is 356 g/mol. The minimum absolute atomic E-state index is 0.000919. The second-order valence-electron chi connectivity index (χ2n) is 5.48. The molecule has 6 nitrogen and oxygen atoms in total. The summed E-state index contributed by atoms with van der Waals surface area (Å²) in [6.07, 6.45) is 4.04. The summed E-state index contributed by atoms with van der Waals surface area (Å²) in [6, 6.07) is 8.02. The number of aliphatic carboxylic acids is 1. The number of ether oxygens (including phenoxy) is 2. The SMILES string of the molecule is C=CC(c1ccc(O)c(OC)c1)c1cc(/C=C/C(=O)O)cc(OC)c1O. The molecule has 6 heteroatoms. The molecule has 0 aliphatic rings. The Bertz CT molecular complexity index is 854. The van der Waals surface area contributed by atoms with Crippen LogP contribution in [0.1, 0.15) is 22.6 Å². The maximum atomic E-state index is 10.8. The molecule has 26 heavy (non-hydrogen) atoms. The van der Waals surface area contributed by atoms with Crippen molar-refractivity contribution in [2.45, 2.75) is 5.92 Å². The van der Waals surface area contributed by atoms with Crippen molar-refractivity contribution >= 4 is 12.0 Å². The molecule has 0 saturated carbocycles. The van der Waals surface area contributed by atoms with E-state index in [1.54, 1.807) is 24.3 Å². The van der Waals surface area contributed by atoms with Gasteiger partial charge in [-0.2, -0.15) is 0 Å². The summed E-state index contributed by atoms with van der Waals surface area (Å²) in [6.45, 7) is 3.82. The zero-order valence-corrected chi connectivity index (χ0v) is 14.5. The van der Waals surface area contributed by atoms with E-state index in [0.717, 1.165) is 11.6 Å². The minimum Gasteiger partial charge on any atom is -0.504 e. The molecule has 0 radical (unpaired) electrons. The third-order valence-corrected chi connectivity index (χ3v) is 3.90. The largest absolute Gasteiger partial charge is 0.504 e. The quantitative estimate of drug-likeness (QED) is 0.519. The third-order valence-electron chi connectivity index (χ3n) is 3.90. The van der Waals surface area contributed by atoms with Crippen LogP contribution in [-0.2, 0) is 4.79 Å². The van der Waals surface area contributed by atoms with Crippen molar-refractivity contribution in [1.82, 2.24) is 0 Å². The second kappa shape index (κ2) is 8.11. The molecule has 0 spiro atoms. The Balaban J connectivity index is 2.60. The number of phenolic OH excluding ortho intramolecular Hbond substituents is 2. The van der Waals surface area contributed by atoms with Gasteiger partial charge in [-0.05, 0) is 41.5 Å². The van der Waals surface area contributed by atoms with Crippen LogP contribution < -0.4 is 9.47 Å². The zero-order valence-electron chi connectivity index (χ0n) is 14.5. The van der Waals surface area contributed by atoms with Crippen molar-refractivity contribution in [3.63, 3.8) is 0 Å². The minimum atomic E-state index is -1.08. The molecule has 0 fully saturated rings. The maximum absolute atomic E-state index is 10.8. The lowest BCUT2D eigenvalue weighted by Crippen LogP contribution is -2.01. The van der Waals surface area contributed by atoms with Gasteiger partial charge in [0.15, 0.2) is 23.0 Å². The number of carboxylic acid groups (broad SMARTS) is 1. The average Bonchev–Trinajstić information content (AvgIpc) is 2.63. The van der Waals surface area contributed by atoms with Gasteiger partial charge in [0.2, 0.25) is 0 Å². The molecule has 2 aromatic carbocycles. The van der Waals surface area contributed by atoms with Gasteiger partial charge >= 0.3 is 5.97 Å². The van der Waals surface area contributed by atoms with E-state index in [2.05, 4.69) is 6.58 Å². The van der Waals surface area contributed by atoms with Crippen LogP contribution in [0, 0.1) is 0 Å². The number of hydrogen-bond donors (Lipinski definition) is 3. The van der Waals surface area contributed by atoms with Gasteiger partial charge in [0.25, 0.3) is 0 Å². The summed E-state index contributed by atoms with van der Waals surface area (Å²) in [4.78, 5) is 10.8. The van der Waals surface area contributed by atoms with E-state index < -0.39 is 11.9 Å². The molecule has 0 aromatic heterocycles. The Morgan fingerprint density at radius 2 is 1.81 bits per heavy atom. The van der Waals surface area contributed by atoms with Crippen LogP contribution in [0.3, 0.4) is 0 Å². The molecule has 2 aromatic rings. The normalized spacial score (nSPS) is 11.9. The molecular weight excluding hydrogens is 336 g/mol. The highest BCUT2D eigenvalue weighted by Crippen LogP contribution is 2.41. The highest BCUT2D eigenvalue weighted by Gasteiger charge is 2.20. The van der Waals surface area contributed by atoms with E-state index >= 15 is 0 Å². The summed E-state index contributed by atoms with van der Waals surface area (Å²) < 4.78 is 10.3. The number of hydrogen-bond acceptors (Lipinski definition) is 5. The molecule has 0 amide bonds. The summed E-state index contributed by atoms with van der Waals surface area (Å²) in [5.41, 5.74) is 1.76. The van der Waals surface area contributed by atoms with Crippen molar-refractivity contribution in [1.29, 1.82) is 0 Å². The lowest BCUT2D eigenvalue weighted by atomic mass is 9.89. The number of aromatic hydroxyl groups is 2. The van der Waals surface area contributed by atoms with Crippen molar-refractivity contribution in [3.05, 3.63) is 65.8 Å². The number of rotatable bonds is 7. The van der Waals surface area contributed by atoms with Crippen molar-refractivity contribution < 1.29 is 29.6 Å². The molecule has 3 N–H and O–H groups in total. The number of carbonyl (C=O) groups is 1. The van der Waals surface area contributed by atoms with Gasteiger partial charge in [0.1, 0.15) is 0 Å². The van der Waals surface area contributed by atoms with Gasteiger partial charge in [-0.15, -0.1) is 6.58 Å². The molecule has 1 unspecified atom stereocenters. The lowest BCUT2D eigenvalue weighted by Gasteiger charge is -2.19. The second-order valence-corrected chi connectivity index (χ2v) is 5.48. The number of phenols is 2. The summed E-state index contributed by atoms with van der Waals surface area (Å²) in [7, 11) is 2.86. The van der Waals surface area contributed by atoms with Gasteiger partial charge in [-0.3, -0.25) is 0 Å². The monoisotopic (exact) mass is 356 g/mol. The van der Waals surface area contributed by atoms with Crippen molar-refractivity contribution in [2.75, 3.05) is 14.2 Å².